The van der Waals surface area contributed by atoms with Crippen molar-refractivity contribution < 1.29 is 9.84 Å². The first kappa shape index (κ1) is 8.38. The van der Waals surface area contributed by atoms with Gasteiger partial charge in [-0.15, -0.1) is 0 Å². The second kappa shape index (κ2) is 3.26. The van der Waals surface area contributed by atoms with Gasteiger partial charge in [0.1, 0.15) is 5.75 Å². The molecule has 1 aromatic rings. The molecule has 0 heterocycles. The minimum absolute atomic E-state index is 0.0207. The third-order valence-electron chi connectivity index (χ3n) is 2.07. The summed E-state index contributed by atoms with van der Waals surface area (Å²) in [6.45, 7) is -0.0207. The molecular formula is C10H13NO2. The van der Waals surface area contributed by atoms with Crippen LogP contribution in [0.2, 0.25) is 0 Å². The van der Waals surface area contributed by atoms with Gasteiger partial charge in [-0.25, -0.2) is 0 Å². The average molecular weight is 179 g/mol. The highest BCUT2D eigenvalue weighted by molar-refractivity contribution is 5.47. The highest BCUT2D eigenvalue weighted by Gasteiger charge is 2.24. The third kappa shape index (κ3) is 1.92. The summed E-state index contributed by atoms with van der Waals surface area (Å²) in [4.78, 5) is 0. The zero-order valence-electron chi connectivity index (χ0n) is 7.36. The Kier molecular flexibility index (Phi) is 2.10. The number of hydrogen-bond acceptors (Lipinski definition) is 3. The molecule has 2 rings (SSSR count). The van der Waals surface area contributed by atoms with Crippen LogP contribution in [0.1, 0.15) is 18.4 Å². The average Bonchev–Trinajstić information content (AvgIpc) is 2.92. The van der Waals surface area contributed by atoms with Crippen LogP contribution in [0.3, 0.4) is 0 Å². The molecule has 1 aliphatic rings. The molecule has 13 heavy (non-hydrogen) atoms. The van der Waals surface area contributed by atoms with Crippen LogP contribution < -0.4 is 10.5 Å². The smallest absolute Gasteiger partial charge is 0.125 e. The number of hydrogen-bond donors (Lipinski definition) is 2. The predicted molar refractivity (Wildman–Crippen MR) is 50.4 cm³/mol. The van der Waals surface area contributed by atoms with Gasteiger partial charge in [-0.05, 0) is 31.0 Å². The molecule has 1 aromatic carbocycles. The molecule has 70 valence electrons. The van der Waals surface area contributed by atoms with Crippen LogP contribution >= 0.6 is 0 Å². The standard InChI is InChI=1S/C10H13NO2/c11-8-1-4-10(7(5-8)6-12)13-9-2-3-9/h1,4-5,9,12H,2-3,6,11H2. The Morgan fingerprint density at radius 3 is 2.85 bits per heavy atom. The minimum atomic E-state index is -0.0207. The number of nitrogen functional groups attached to an aromatic ring is 1. The molecule has 1 fully saturated rings. The van der Waals surface area contributed by atoms with Gasteiger partial charge in [-0.3, -0.25) is 0 Å². The summed E-state index contributed by atoms with van der Waals surface area (Å²) in [5.41, 5.74) is 7.01. The van der Waals surface area contributed by atoms with Gasteiger partial charge < -0.3 is 15.6 Å². The van der Waals surface area contributed by atoms with Crippen molar-refractivity contribution >= 4 is 5.69 Å². The van der Waals surface area contributed by atoms with Gasteiger partial charge in [0.2, 0.25) is 0 Å². The van der Waals surface area contributed by atoms with Crippen LogP contribution in [-0.2, 0) is 6.61 Å². The summed E-state index contributed by atoms with van der Waals surface area (Å²) in [6.07, 6.45) is 2.60. The second-order valence-electron chi connectivity index (χ2n) is 3.34. The molecule has 1 aliphatic carbocycles. The monoisotopic (exact) mass is 179 g/mol. The maximum absolute atomic E-state index is 9.04. The zero-order chi connectivity index (χ0) is 9.26. The Morgan fingerprint density at radius 1 is 1.46 bits per heavy atom. The molecule has 0 unspecified atom stereocenters. The SMILES string of the molecule is Nc1ccc(OC2CC2)c(CO)c1. The van der Waals surface area contributed by atoms with Crippen LogP contribution in [0, 0.1) is 0 Å². The zero-order valence-corrected chi connectivity index (χ0v) is 7.36. The van der Waals surface area contributed by atoms with E-state index in [1.807, 2.05) is 6.07 Å². The molecule has 1 saturated carbocycles. The Hall–Kier alpha value is -1.22. The van der Waals surface area contributed by atoms with Gasteiger partial charge in [-0.2, -0.15) is 0 Å². The third-order valence-corrected chi connectivity index (χ3v) is 2.07. The minimum Gasteiger partial charge on any atom is -0.490 e. The van der Waals surface area contributed by atoms with Crippen LogP contribution in [0.25, 0.3) is 0 Å². The van der Waals surface area contributed by atoms with Crippen molar-refractivity contribution in [2.24, 2.45) is 0 Å². The van der Waals surface area contributed by atoms with Crippen molar-refractivity contribution in [3.05, 3.63) is 23.8 Å². The molecule has 0 spiro atoms. The summed E-state index contributed by atoms with van der Waals surface area (Å²) in [7, 11) is 0. The first-order chi connectivity index (χ1) is 6.29. The maximum atomic E-state index is 9.04. The molecule has 0 bridgehead atoms. The lowest BCUT2D eigenvalue weighted by Crippen LogP contribution is -2.00. The number of anilines is 1. The number of ether oxygens (including phenoxy) is 1. The normalized spacial score (nSPS) is 15.8. The van der Waals surface area contributed by atoms with Crippen LogP contribution in [0.4, 0.5) is 5.69 Å². The fourth-order valence-electron chi connectivity index (χ4n) is 1.20. The van der Waals surface area contributed by atoms with Crippen molar-refractivity contribution in [2.75, 3.05) is 5.73 Å². The van der Waals surface area contributed by atoms with Crippen molar-refractivity contribution in [1.82, 2.24) is 0 Å². The van der Waals surface area contributed by atoms with Gasteiger partial charge in [0.15, 0.2) is 0 Å². The Morgan fingerprint density at radius 2 is 2.23 bits per heavy atom. The lowest BCUT2D eigenvalue weighted by molar-refractivity contribution is 0.258. The Bertz CT molecular complexity index is 308. The summed E-state index contributed by atoms with van der Waals surface area (Å²) in [5, 5.41) is 9.04. The van der Waals surface area contributed by atoms with E-state index in [9.17, 15) is 0 Å². The maximum Gasteiger partial charge on any atom is 0.125 e. The van der Waals surface area contributed by atoms with Crippen molar-refractivity contribution in [1.29, 1.82) is 0 Å². The first-order valence-electron chi connectivity index (χ1n) is 4.45. The van der Waals surface area contributed by atoms with Gasteiger partial charge in [-0.1, -0.05) is 0 Å². The molecule has 0 radical (unpaired) electrons. The van der Waals surface area contributed by atoms with Crippen molar-refractivity contribution in [3.8, 4) is 5.75 Å². The number of aliphatic hydroxyl groups excluding tert-OH is 1. The van der Waals surface area contributed by atoms with E-state index < -0.39 is 0 Å². The van der Waals surface area contributed by atoms with E-state index in [0.29, 0.717) is 11.8 Å². The predicted octanol–water partition coefficient (Wildman–Crippen LogP) is 1.30. The molecular weight excluding hydrogens is 166 g/mol. The molecule has 0 amide bonds. The summed E-state index contributed by atoms with van der Waals surface area (Å²) >= 11 is 0. The van der Waals surface area contributed by atoms with Gasteiger partial charge in [0.05, 0.1) is 12.7 Å². The molecule has 0 aromatic heterocycles. The van der Waals surface area contributed by atoms with Crippen molar-refractivity contribution in [2.45, 2.75) is 25.6 Å². The quantitative estimate of drug-likeness (QED) is 0.688. The summed E-state index contributed by atoms with van der Waals surface area (Å²) in [6, 6.07) is 5.35. The molecule has 3 heteroatoms. The second-order valence-corrected chi connectivity index (χ2v) is 3.34. The highest BCUT2D eigenvalue weighted by Crippen LogP contribution is 2.30. The van der Waals surface area contributed by atoms with Crippen molar-refractivity contribution in [3.63, 3.8) is 0 Å². The molecule has 0 saturated heterocycles. The van der Waals surface area contributed by atoms with E-state index >= 15 is 0 Å². The molecule has 3 nitrogen and oxygen atoms in total. The number of aliphatic hydroxyl groups is 1. The topological polar surface area (TPSA) is 55.5 Å². The number of nitrogens with two attached hydrogens (primary N) is 1. The van der Waals surface area contributed by atoms with Crippen LogP contribution in [0.5, 0.6) is 5.75 Å². The molecule has 3 N–H and O–H groups in total. The Balaban J connectivity index is 2.21. The lowest BCUT2D eigenvalue weighted by Gasteiger charge is -2.09. The number of rotatable bonds is 3. The molecule has 0 aliphatic heterocycles. The van der Waals surface area contributed by atoms with E-state index in [1.54, 1.807) is 12.1 Å². The van der Waals surface area contributed by atoms with E-state index in [1.165, 1.54) is 0 Å². The van der Waals surface area contributed by atoms with Gasteiger partial charge in [0.25, 0.3) is 0 Å². The van der Waals surface area contributed by atoms with E-state index in [0.717, 1.165) is 24.2 Å². The van der Waals surface area contributed by atoms with Gasteiger partial charge >= 0.3 is 0 Å². The first-order valence-corrected chi connectivity index (χ1v) is 4.45. The van der Waals surface area contributed by atoms with Gasteiger partial charge in [0, 0.05) is 11.3 Å². The summed E-state index contributed by atoms with van der Waals surface area (Å²) in [5.74, 6) is 0.763. The fraction of sp³-hybridized carbons (Fsp3) is 0.400. The van der Waals surface area contributed by atoms with E-state index in [4.69, 9.17) is 15.6 Å². The Labute approximate surface area is 77.1 Å². The largest absolute Gasteiger partial charge is 0.490 e. The lowest BCUT2D eigenvalue weighted by atomic mass is 10.2. The fourth-order valence-corrected chi connectivity index (χ4v) is 1.20. The summed E-state index contributed by atoms with van der Waals surface area (Å²) < 4.78 is 5.59. The van der Waals surface area contributed by atoms with E-state index in [-0.39, 0.29) is 6.61 Å². The number of benzene rings is 1. The molecule has 0 atom stereocenters. The van der Waals surface area contributed by atoms with Crippen LogP contribution in [0.15, 0.2) is 18.2 Å². The van der Waals surface area contributed by atoms with E-state index in [2.05, 4.69) is 0 Å². The highest BCUT2D eigenvalue weighted by atomic mass is 16.5. The van der Waals surface area contributed by atoms with Crippen LogP contribution in [-0.4, -0.2) is 11.2 Å².